The van der Waals surface area contributed by atoms with Crippen LogP contribution in [0.2, 0.25) is 0 Å². The second-order valence-corrected chi connectivity index (χ2v) is 4.57. The summed E-state index contributed by atoms with van der Waals surface area (Å²) in [6.07, 6.45) is 0.262. The highest BCUT2D eigenvalue weighted by Gasteiger charge is 2.28. The number of ether oxygens (including phenoxy) is 2. The molecule has 2 amide bonds. The van der Waals surface area contributed by atoms with E-state index >= 15 is 0 Å². The van der Waals surface area contributed by atoms with Crippen LogP contribution in [0, 0.1) is 5.92 Å². The summed E-state index contributed by atoms with van der Waals surface area (Å²) in [5.41, 5.74) is 0.876. The number of rotatable bonds is 3. The number of benzene rings is 1. The normalized spacial score (nSPS) is 20.2. The lowest BCUT2D eigenvalue weighted by molar-refractivity contribution is -0.126. The van der Waals surface area contributed by atoms with Crippen molar-refractivity contribution in [3.63, 3.8) is 0 Å². The molecule has 1 atom stereocenters. The lowest BCUT2D eigenvalue weighted by Gasteiger charge is -2.10. The standard InChI is InChI=1S/C13H14N2O4/c16-11-4-9(6-14-11)13(17)15-5-8-2-1-3-10-12(8)19-7-18-10/h1-3,9H,4-7H2,(H,14,16)(H,15,17). The lowest BCUT2D eigenvalue weighted by atomic mass is 10.1. The largest absolute Gasteiger partial charge is 0.454 e. The van der Waals surface area contributed by atoms with Crippen molar-refractivity contribution >= 4 is 11.8 Å². The topological polar surface area (TPSA) is 76.7 Å². The third-order valence-corrected chi connectivity index (χ3v) is 3.28. The Labute approximate surface area is 110 Å². The van der Waals surface area contributed by atoms with Crippen LogP contribution >= 0.6 is 0 Å². The molecule has 1 unspecified atom stereocenters. The van der Waals surface area contributed by atoms with Gasteiger partial charge in [0.1, 0.15) is 0 Å². The molecule has 1 saturated heterocycles. The zero-order chi connectivity index (χ0) is 13.2. The number of carbonyl (C=O) groups excluding carboxylic acids is 2. The maximum absolute atomic E-state index is 11.9. The minimum Gasteiger partial charge on any atom is -0.454 e. The molecule has 1 fully saturated rings. The third kappa shape index (κ3) is 2.33. The van der Waals surface area contributed by atoms with Crippen LogP contribution in [0.4, 0.5) is 0 Å². The van der Waals surface area contributed by atoms with E-state index in [1.165, 1.54) is 0 Å². The monoisotopic (exact) mass is 262 g/mol. The van der Waals surface area contributed by atoms with Gasteiger partial charge in [0.05, 0.1) is 5.92 Å². The van der Waals surface area contributed by atoms with Crippen molar-refractivity contribution in [1.29, 1.82) is 0 Å². The van der Waals surface area contributed by atoms with Gasteiger partial charge >= 0.3 is 0 Å². The Morgan fingerprint density at radius 2 is 2.32 bits per heavy atom. The molecule has 6 heteroatoms. The fraction of sp³-hybridized carbons (Fsp3) is 0.385. The van der Waals surface area contributed by atoms with E-state index in [9.17, 15) is 9.59 Å². The average Bonchev–Trinajstić information content (AvgIpc) is 3.04. The van der Waals surface area contributed by atoms with Crippen molar-refractivity contribution < 1.29 is 19.1 Å². The fourth-order valence-electron chi connectivity index (χ4n) is 2.25. The molecule has 19 heavy (non-hydrogen) atoms. The Morgan fingerprint density at radius 3 is 3.11 bits per heavy atom. The van der Waals surface area contributed by atoms with Gasteiger partial charge < -0.3 is 20.1 Å². The molecule has 6 nitrogen and oxygen atoms in total. The number of para-hydroxylation sites is 1. The van der Waals surface area contributed by atoms with Crippen molar-refractivity contribution in [3.05, 3.63) is 23.8 Å². The fourth-order valence-corrected chi connectivity index (χ4v) is 2.25. The van der Waals surface area contributed by atoms with Gasteiger partial charge in [0, 0.05) is 25.1 Å². The third-order valence-electron chi connectivity index (χ3n) is 3.28. The molecule has 2 heterocycles. The van der Waals surface area contributed by atoms with Crippen molar-refractivity contribution in [3.8, 4) is 11.5 Å². The molecule has 100 valence electrons. The molecule has 1 aromatic rings. The summed E-state index contributed by atoms with van der Waals surface area (Å²) < 4.78 is 10.6. The first kappa shape index (κ1) is 11.8. The van der Waals surface area contributed by atoms with Crippen molar-refractivity contribution in [2.75, 3.05) is 13.3 Å². The summed E-state index contributed by atoms with van der Waals surface area (Å²) in [5.74, 6) is 0.918. The second-order valence-electron chi connectivity index (χ2n) is 4.57. The minimum absolute atomic E-state index is 0.0718. The van der Waals surface area contributed by atoms with Crippen molar-refractivity contribution in [1.82, 2.24) is 10.6 Å². The number of hydrogen-bond donors (Lipinski definition) is 2. The van der Waals surface area contributed by atoms with Crippen molar-refractivity contribution in [2.24, 2.45) is 5.92 Å². The molecule has 1 aromatic carbocycles. The molecule has 0 aromatic heterocycles. The van der Waals surface area contributed by atoms with Crippen molar-refractivity contribution in [2.45, 2.75) is 13.0 Å². The Morgan fingerprint density at radius 1 is 1.42 bits per heavy atom. The molecule has 3 rings (SSSR count). The molecule has 2 N–H and O–H groups in total. The van der Waals surface area contributed by atoms with Gasteiger partial charge in [0.2, 0.25) is 18.6 Å². The molecule has 0 spiro atoms. The highest BCUT2D eigenvalue weighted by atomic mass is 16.7. The lowest BCUT2D eigenvalue weighted by Crippen LogP contribution is -2.31. The van der Waals surface area contributed by atoms with Crippen LogP contribution in [-0.4, -0.2) is 25.2 Å². The van der Waals surface area contributed by atoms with Gasteiger partial charge in [-0.1, -0.05) is 12.1 Å². The molecule has 0 aliphatic carbocycles. The summed E-state index contributed by atoms with van der Waals surface area (Å²) in [4.78, 5) is 22.9. The van der Waals surface area contributed by atoms with Crippen LogP contribution in [0.15, 0.2) is 18.2 Å². The van der Waals surface area contributed by atoms with E-state index in [2.05, 4.69) is 10.6 Å². The highest BCUT2D eigenvalue weighted by molar-refractivity contribution is 5.89. The van der Waals surface area contributed by atoms with E-state index in [4.69, 9.17) is 9.47 Å². The minimum atomic E-state index is -0.276. The molecular weight excluding hydrogens is 248 g/mol. The summed E-state index contributed by atoms with van der Waals surface area (Å²) in [6, 6.07) is 5.56. The van der Waals surface area contributed by atoms with E-state index in [1.54, 1.807) is 0 Å². The van der Waals surface area contributed by atoms with E-state index in [0.29, 0.717) is 24.6 Å². The smallest absolute Gasteiger partial charge is 0.231 e. The number of nitrogens with one attached hydrogen (secondary N) is 2. The first-order chi connectivity index (χ1) is 9.24. The van der Waals surface area contributed by atoms with Gasteiger partial charge in [-0.2, -0.15) is 0 Å². The quantitative estimate of drug-likeness (QED) is 0.814. The van der Waals surface area contributed by atoms with Gasteiger partial charge in [0.25, 0.3) is 0 Å². The summed E-state index contributed by atoms with van der Waals surface area (Å²) >= 11 is 0. The van der Waals surface area contributed by atoms with Crippen LogP contribution in [0.5, 0.6) is 11.5 Å². The van der Waals surface area contributed by atoms with Crippen LogP contribution in [0.25, 0.3) is 0 Å². The summed E-state index contributed by atoms with van der Waals surface area (Å²) in [7, 11) is 0. The number of carbonyl (C=O) groups is 2. The summed E-state index contributed by atoms with van der Waals surface area (Å²) in [6.45, 7) is 0.995. The van der Waals surface area contributed by atoms with E-state index in [0.717, 1.165) is 5.56 Å². The average molecular weight is 262 g/mol. The maximum atomic E-state index is 11.9. The SMILES string of the molecule is O=C1CC(C(=O)NCc2cccc3c2OCO3)CN1. The predicted octanol–water partition coefficient (Wildman–Crippen LogP) is 0.168. The maximum Gasteiger partial charge on any atom is 0.231 e. The number of fused-ring (bicyclic) bond motifs is 1. The molecule has 0 saturated carbocycles. The number of hydrogen-bond acceptors (Lipinski definition) is 4. The zero-order valence-corrected chi connectivity index (χ0v) is 10.3. The van der Waals surface area contributed by atoms with Gasteiger partial charge in [0.15, 0.2) is 11.5 Å². The molecule has 0 radical (unpaired) electrons. The highest BCUT2D eigenvalue weighted by Crippen LogP contribution is 2.35. The Balaban J connectivity index is 1.62. The molecule has 0 bridgehead atoms. The zero-order valence-electron chi connectivity index (χ0n) is 10.3. The van der Waals surface area contributed by atoms with E-state index in [-0.39, 0.29) is 30.9 Å². The molecule has 2 aliphatic heterocycles. The molecular formula is C13H14N2O4. The van der Waals surface area contributed by atoms with Crippen LogP contribution in [0.1, 0.15) is 12.0 Å². The predicted molar refractivity (Wildman–Crippen MR) is 65.5 cm³/mol. The Hall–Kier alpha value is -2.24. The van der Waals surface area contributed by atoms with E-state index in [1.807, 2.05) is 18.2 Å². The Kier molecular flexibility index (Phi) is 2.98. The van der Waals surface area contributed by atoms with E-state index < -0.39 is 0 Å². The van der Waals surface area contributed by atoms with Gasteiger partial charge in [-0.3, -0.25) is 9.59 Å². The first-order valence-corrected chi connectivity index (χ1v) is 6.16. The Bertz CT molecular complexity index is 529. The number of amides is 2. The van der Waals surface area contributed by atoms with Crippen LogP contribution < -0.4 is 20.1 Å². The molecule has 2 aliphatic rings. The van der Waals surface area contributed by atoms with Gasteiger partial charge in [-0.05, 0) is 6.07 Å². The second kappa shape index (κ2) is 4.79. The first-order valence-electron chi connectivity index (χ1n) is 6.16. The van der Waals surface area contributed by atoms with Gasteiger partial charge in [-0.25, -0.2) is 0 Å². The van der Waals surface area contributed by atoms with Crippen LogP contribution in [-0.2, 0) is 16.1 Å². The van der Waals surface area contributed by atoms with Gasteiger partial charge in [-0.15, -0.1) is 0 Å². The van der Waals surface area contributed by atoms with Crippen LogP contribution in [0.3, 0.4) is 0 Å². The summed E-state index contributed by atoms with van der Waals surface area (Å²) in [5, 5.41) is 5.47.